The Hall–Kier alpha value is -3.27. The van der Waals surface area contributed by atoms with Gasteiger partial charge >= 0.3 is 12.1 Å². The number of anilines is 2. The van der Waals surface area contributed by atoms with Crippen LogP contribution in [0.15, 0.2) is 48.5 Å². The van der Waals surface area contributed by atoms with Gasteiger partial charge in [-0.3, -0.25) is 9.69 Å². The van der Waals surface area contributed by atoms with Gasteiger partial charge < -0.3 is 19.9 Å². The molecule has 0 aromatic heterocycles. The lowest BCUT2D eigenvalue weighted by Gasteiger charge is -2.36. The molecule has 2 aromatic carbocycles. The Balaban J connectivity index is 1.35. The molecule has 2 aliphatic rings. The normalized spacial score (nSPS) is 19.1. The lowest BCUT2D eigenvalue weighted by molar-refractivity contribution is -0.143. The molecule has 2 unspecified atom stereocenters. The van der Waals surface area contributed by atoms with E-state index in [9.17, 15) is 22.8 Å². The average Bonchev–Trinajstić information content (AvgIpc) is 3.29. The minimum atomic E-state index is -4.39. The second-order valence-corrected chi connectivity index (χ2v) is 11.2. The van der Waals surface area contributed by atoms with E-state index >= 15 is 0 Å². The van der Waals surface area contributed by atoms with Crippen molar-refractivity contribution in [2.24, 2.45) is 0 Å². The van der Waals surface area contributed by atoms with Crippen molar-refractivity contribution in [3.05, 3.63) is 59.7 Å². The molecular weight excluding hydrogens is 545 g/mol. The van der Waals surface area contributed by atoms with Gasteiger partial charge in [-0.05, 0) is 30.7 Å². The molecule has 1 saturated heterocycles. The fourth-order valence-corrected chi connectivity index (χ4v) is 6.02. The van der Waals surface area contributed by atoms with Crippen molar-refractivity contribution in [1.29, 1.82) is 0 Å². The Labute approximate surface area is 247 Å². The van der Waals surface area contributed by atoms with E-state index in [2.05, 4.69) is 17.1 Å². The molecule has 0 bridgehead atoms. The van der Waals surface area contributed by atoms with Crippen molar-refractivity contribution in [1.82, 2.24) is 10.2 Å². The standard InChI is InChI=1S/C32H43F3N4O3/c1-3-4-5-6-7-8-11-17-39-27-16-10-9-15-26(27)29(30(39)31(41)42-2)36-28(40)23-37-18-20-38(21-19-37)25-14-12-13-24(22-25)32(33,34)35/h9-10,12-16,22,29-30H,3-8,11,17-21,23H2,1-2H3,(H,36,40). The summed E-state index contributed by atoms with van der Waals surface area (Å²) >= 11 is 0. The minimum Gasteiger partial charge on any atom is -0.467 e. The van der Waals surface area contributed by atoms with E-state index < -0.39 is 23.8 Å². The number of para-hydroxylation sites is 1. The number of carbonyl (C=O) groups is 2. The molecule has 0 radical (unpaired) electrons. The molecule has 42 heavy (non-hydrogen) atoms. The number of fused-ring (bicyclic) bond motifs is 1. The van der Waals surface area contributed by atoms with Gasteiger partial charge in [-0.15, -0.1) is 0 Å². The summed E-state index contributed by atoms with van der Waals surface area (Å²) in [6.07, 6.45) is 3.76. The van der Waals surface area contributed by atoms with Gasteiger partial charge in [0.25, 0.3) is 0 Å². The van der Waals surface area contributed by atoms with Crippen LogP contribution in [0.5, 0.6) is 0 Å². The van der Waals surface area contributed by atoms with Crippen molar-refractivity contribution >= 4 is 23.3 Å². The molecular formula is C32H43F3N4O3. The monoisotopic (exact) mass is 588 g/mol. The summed E-state index contributed by atoms with van der Waals surface area (Å²) in [6.45, 7) is 5.15. The summed E-state index contributed by atoms with van der Waals surface area (Å²) < 4.78 is 44.6. The van der Waals surface area contributed by atoms with Crippen LogP contribution in [-0.2, 0) is 20.5 Å². The molecule has 2 aliphatic heterocycles. The number of amides is 1. The number of alkyl halides is 3. The fourth-order valence-electron chi connectivity index (χ4n) is 6.02. The minimum absolute atomic E-state index is 0.140. The van der Waals surface area contributed by atoms with Crippen LogP contribution >= 0.6 is 0 Å². The summed E-state index contributed by atoms with van der Waals surface area (Å²) in [6, 6.07) is 12.0. The van der Waals surface area contributed by atoms with Crippen LogP contribution in [0.25, 0.3) is 0 Å². The third-order valence-electron chi connectivity index (χ3n) is 8.27. The number of rotatable bonds is 13. The van der Waals surface area contributed by atoms with Gasteiger partial charge in [-0.1, -0.05) is 69.7 Å². The van der Waals surface area contributed by atoms with Crippen LogP contribution in [0.2, 0.25) is 0 Å². The van der Waals surface area contributed by atoms with Gasteiger partial charge in [-0.25, -0.2) is 4.79 Å². The largest absolute Gasteiger partial charge is 0.467 e. The highest BCUT2D eigenvalue weighted by molar-refractivity contribution is 5.88. The van der Waals surface area contributed by atoms with Crippen molar-refractivity contribution < 1.29 is 27.5 Å². The molecule has 1 amide bonds. The second-order valence-electron chi connectivity index (χ2n) is 11.2. The number of carbonyl (C=O) groups excluding carboxylic acids is 2. The number of benzene rings is 2. The van der Waals surface area contributed by atoms with Crippen molar-refractivity contribution in [3.8, 4) is 0 Å². The topological polar surface area (TPSA) is 65.1 Å². The molecule has 7 nitrogen and oxygen atoms in total. The molecule has 2 atom stereocenters. The highest BCUT2D eigenvalue weighted by Crippen LogP contribution is 2.40. The molecule has 230 valence electrons. The SMILES string of the molecule is CCCCCCCCCN1c2ccccc2C(NC(=O)CN2CCN(c3cccc(C(F)(F)F)c3)CC2)C1C(=O)OC. The number of hydrogen-bond donors (Lipinski definition) is 1. The first-order valence-corrected chi connectivity index (χ1v) is 15.1. The Morgan fingerprint density at radius 3 is 2.31 bits per heavy atom. The summed E-state index contributed by atoms with van der Waals surface area (Å²) in [5.74, 6) is -0.580. The van der Waals surface area contributed by atoms with Gasteiger partial charge in [-0.2, -0.15) is 13.2 Å². The van der Waals surface area contributed by atoms with Crippen LogP contribution < -0.4 is 15.1 Å². The van der Waals surface area contributed by atoms with Crippen molar-refractivity contribution in [2.45, 2.75) is 70.1 Å². The zero-order chi connectivity index (χ0) is 30.1. The molecule has 0 aliphatic carbocycles. The zero-order valence-electron chi connectivity index (χ0n) is 24.7. The van der Waals surface area contributed by atoms with Gasteiger partial charge in [0.2, 0.25) is 5.91 Å². The van der Waals surface area contributed by atoms with Crippen LogP contribution in [0.3, 0.4) is 0 Å². The van der Waals surface area contributed by atoms with E-state index in [1.165, 1.54) is 51.3 Å². The number of methoxy groups -OCH3 is 1. The van der Waals surface area contributed by atoms with Crippen LogP contribution in [0.4, 0.5) is 24.5 Å². The van der Waals surface area contributed by atoms with E-state index in [1.54, 1.807) is 6.07 Å². The first kappa shape index (κ1) is 31.7. The Morgan fingerprint density at radius 2 is 1.62 bits per heavy atom. The smallest absolute Gasteiger partial charge is 0.416 e. The van der Waals surface area contributed by atoms with Gasteiger partial charge in [0.1, 0.15) is 0 Å². The van der Waals surface area contributed by atoms with Crippen molar-refractivity contribution in [3.63, 3.8) is 0 Å². The molecule has 2 aromatic rings. The summed E-state index contributed by atoms with van der Waals surface area (Å²) in [5, 5.41) is 3.11. The first-order valence-electron chi connectivity index (χ1n) is 15.1. The second kappa shape index (κ2) is 14.8. The van der Waals surface area contributed by atoms with Gasteiger partial charge in [0.05, 0.1) is 25.3 Å². The maximum absolute atomic E-state index is 13.3. The number of nitrogens with one attached hydrogen (secondary N) is 1. The Bertz CT molecular complexity index is 1180. The predicted octanol–water partition coefficient (Wildman–Crippen LogP) is 5.80. The molecule has 2 heterocycles. The molecule has 4 rings (SSSR count). The van der Waals surface area contributed by atoms with E-state index in [0.717, 1.165) is 30.2 Å². The molecule has 0 spiro atoms. The summed E-state index contributed by atoms with van der Waals surface area (Å²) in [4.78, 5) is 32.3. The zero-order valence-corrected chi connectivity index (χ0v) is 24.7. The lowest BCUT2D eigenvalue weighted by Crippen LogP contribution is -2.52. The lowest BCUT2D eigenvalue weighted by atomic mass is 10.0. The highest BCUT2D eigenvalue weighted by Gasteiger charge is 2.44. The molecule has 1 N–H and O–H groups in total. The third kappa shape index (κ3) is 7.96. The van der Waals surface area contributed by atoms with Crippen LogP contribution in [0, 0.1) is 0 Å². The maximum Gasteiger partial charge on any atom is 0.416 e. The van der Waals surface area contributed by atoms with Gasteiger partial charge in [0, 0.05) is 49.7 Å². The average molecular weight is 589 g/mol. The number of hydrogen-bond acceptors (Lipinski definition) is 6. The number of esters is 1. The van der Waals surface area contributed by atoms with Crippen LogP contribution in [-0.4, -0.2) is 69.2 Å². The van der Waals surface area contributed by atoms with E-state index in [-0.39, 0.29) is 18.4 Å². The summed E-state index contributed by atoms with van der Waals surface area (Å²) in [7, 11) is 1.37. The van der Waals surface area contributed by atoms with Gasteiger partial charge in [0.15, 0.2) is 6.04 Å². The first-order chi connectivity index (χ1) is 20.2. The Morgan fingerprint density at radius 1 is 0.929 bits per heavy atom. The van der Waals surface area contributed by atoms with E-state index in [1.807, 2.05) is 34.1 Å². The van der Waals surface area contributed by atoms with Crippen LogP contribution in [0.1, 0.15) is 69.0 Å². The third-order valence-corrected chi connectivity index (χ3v) is 8.27. The number of nitrogens with zero attached hydrogens (tertiary/aromatic N) is 3. The maximum atomic E-state index is 13.3. The molecule has 1 fully saturated rings. The van der Waals surface area contributed by atoms with E-state index in [0.29, 0.717) is 38.4 Å². The molecule has 10 heteroatoms. The van der Waals surface area contributed by atoms with Crippen molar-refractivity contribution in [2.75, 3.05) is 56.2 Å². The van der Waals surface area contributed by atoms with E-state index in [4.69, 9.17) is 4.74 Å². The fraction of sp³-hybridized carbons (Fsp3) is 0.562. The number of ether oxygens (including phenoxy) is 1. The quantitative estimate of drug-likeness (QED) is 0.236. The number of halogens is 3. The Kier molecular flexibility index (Phi) is 11.1. The number of unbranched alkanes of at least 4 members (excludes halogenated alkanes) is 6. The highest BCUT2D eigenvalue weighted by atomic mass is 19.4. The number of piperazine rings is 1. The summed E-state index contributed by atoms with van der Waals surface area (Å²) in [5.41, 5.74) is 1.70. The molecule has 0 saturated carbocycles. The predicted molar refractivity (Wildman–Crippen MR) is 159 cm³/mol.